The highest BCUT2D eigenvalue weighted by Gasteiger charge is 2.38. The summed E-state index contributed by atoms with van der Waals surface area (Å²) < 4.78 is 38.3. The summed E-state index contributed by atoms with van der Waals surface area (Å²) >= 11 is 1.22. The topological polar surface area (TPSA) is 110 Å². The highest BCUT2D eigenvalue weighted by molar-refractivity contribution is 7.91. The Labute approximate surface area is 291 Å². The Hall–Kier alpha value is -4.68. The van der Waals surface area contributed by atoms with Crippen LogP contribution in [-0.2, 0) is 27.8 Å². The lowest BCUT2D eigenvalue weighted by molar-refractivity contribution is -0.124. The van der Waals surface area contributed by atoms with Crippen molar-refractivity contribution in [1.29, 1.82) is 0 Å². The lowest BCUT2D eigenvalue weighted by atomic mass is 9.98. The number of sulfonamides is 1. The SMILES string of the molecule is Cc1ccc2sc(S(=O)(=O)N3C=CNC(=O)C3Cc3cn(C4CCOc5cc(CN(C)c6ccccc6C(C)C)ccc54)nn3)c(C)c2c1. The van der Waals surface area contributed by atoms with E-state index in [0.717, 1.165) is 43.4 Å². The monoisotopic (exact) mass is 696 g/mol. The van der Waals surface area contributed by atoms with Crippen LogP contribution in [0.2, 0.25) is 0 Å². The van der Waals surface area contributed by atoms with Crippen molar-refractivity contribution < 1.29 is 17.9 Å². The van der Waals surface area contributed by atoms with E-state index in [2.05, 4.69) is 83.9 Å². The highest BCUT2D eigenvalue weighted by Crippen LogP contribution is 2.38. The molecule has 5 aromatic rings. The number of nitrogens with zero attached hydrogens (tertiary/aromatic N) is 5. The molecule has 1 N–H and O–H groups in total. The van der Waals surface area contributed by atoms with E-state index in [0.29, 0.717) is 30.2 Å². The van der Waals surface area contributed by atoms with Crippen LogP contribution in [0, 0.1) is 13.8 Å². The van der Waals surface area contributed by atoms with E-state index in [1.54, 1.807) is 4.68 Å². The average Bonchev–Trinajstić information content (AvgIpc) is 3.69. The number of para-hydroxylation sites is 1. The zero-order valence-electron chi connectivity index (χ0n) is 28.3. The molecule has 10 nitrogen and oxygen atoms in total. The molecule has 4 heterocycles. The molecule has 0 fully saturated rings. The molecule has 3 aromatic carbocycles. The first kappa shape index (κ1) is 32.8. The molecule has 0 saturated heterocycles. The maximum atomic E-state index is 14.1. The van der Waals surface area contributed by atoms with Crippen molar-refractivity contribution in [2.24, 2.45) is 0 Å². The molecular weight excluding hydrogens is 657 g/mol. The van der Waals surface area contributed by atoms with Crippen LogP contribution in [0.5, 0.6) is 5.75 Å². The van der Waals surface area contributed by atoms with Crippen LogP contribution >= 0.6 is 11.3 Å². The smallest absolute Gasteiger partial charge is 0.274 e. The molecule has 2 aromatic heterocycles. The zero-order chi connectivity index (χ0) is 34.4. The minimum Gasteiger partial charge on any atom is -0.493 e. The molecule has 0 saturated carbocycles. The number of hydrogen-bond acceptors (Lipinski definition) is 8. The molecule has 0 radical (unpaired) electrons. The number of anilines is 1. The number of carbonyl (C=O) groups excluding carboxylic acids is 1. The van der Waals surface area contributed by atoms with Gasteiger partial charge in [-0.3, -0.25) is 9.10 Å². The minimum absolute atomic E-state index is 0.0671. The molecule has 12 heteroatoms. The Bertz CT molecular complexity index is 2190. The van der Waals surface area contributed by atoms with Crippen molar-refractivity contribution in [2.75, 3.05) is 18.6 Å². The Morgan fingerprint density at radius 2 is 1.92 bits per heavy atom. The highest BCUT2D eigenvalue weighted by atomic mass is 32.2. The van der Waals surface area contributed by atoms with E-state index in [-0.39, 0.29) is 16.7 Å². The number of fused-ring (bicyclic) bond motifs is 2. The summed E-state index contributed by atoms with van der Waals surface area (Å²) in [6.07, 6.45) is 5.38. The summed E-state index contributed by atoms with van der Waals surface area (Å²) in [5.41, 5.74) is 6.94. The van der Waals surface area contributed by atoms with Crippen molar-refractivity contribution in [3.8, 4) is 5.75 Å². The van der Waals surface area contributed by atoms with Gasteiger partial charge < -0.3 is 15.0 Å². The van der Waals surface area contributed by atoms with Gasteiger partial charge in [0.25, 0.3) is 10.0 Å². The lowest BCUT2D eigenvalue weighted by Gasteiger charge is -2.30. The first-order valence-corrected chi connectivity index (χ1v) is 18.7. The fourth-order valence-electron chi connectivity index (χ4n) is 6.82. The first-order chi connectivity index (χ1) is 23.5. The van der Waals surface area contributed by atoms with Gasteiger partial charge in [-0.2, -0.15) is 0 Å². The first-order valence-electron chi connectivity index (χ1n) is 16.5. The second-order valence-electron chi connectivity index (χ2n) is 13.2. The minimum atomic E-state index is -4.03. The Morgan fingerprint density at radius 1 is 1.10 bits per heavy atom. The largest absolute Gasteiger partial charge is 0.493 e. The van der Waals surface area contributed by atoms with Crippen LogP contribution in [0.4, 0.5) is 5.69 Å². The van der Waals surface area contributed by atoms with E-state index in [9.17, 15) is 13.2 Å². The van der Waals surface area contributed by atoms with E-state index < -0.39 is 22.0 Å². The van der Waals surface area contributed by atoms with Gasteiger partial charge in [-0.15, -0.1) is 16.4 Å². The molecule has 0 aliphatic carbocycles. The van der Waals surface area contributed by atoms with Crippen LogP contribution in [0.1, 0.15) is 65.7 Å². The summed E-state index contributed by atoms with van der Waals surface area (Å²) in [5.74, 6) is 0.824. The van der Waals surface area contributed by atoms with Gasteiger partial charge in [0.1, 0.15) is 16.0 Å². The zero-order valence-corrected chi connectivity index (χ0v) is 29.9. The van der Waals surface area contributed by atoms with Crippen LogP contribution in [0.3, 0.4) is 0 Å². The predicted octanol–water partition coefficient (Wildman–Crippen LogP) is 6.44. The molecular formula is C37H40N6O4S2. The van der Waals surface area contributed by atoms with Gasteiger partial charge in [0, 0.05) is 61.0 Å². The Kier molecular flexibility index (Phi) is 8.70. The maximum absolute atomic E-state index is 14.1. The summed E-state index contributed by atoms with van der Waals surface area (Å²) in [6, 6.07) is 19.6. The maximum Gasteiger partial charge on any atom is 0.274 e. The molecule has 7 rings (SSSR count). The van der Waals surface area contributed by atoms with E-state index >= 15 is 0 Å². The number of aromatic nitrogens is 3. The molecule has 0 bridgehead atoms. The molecule has 0 spiro atoms. The van der Waals surface area contributed by atoms with Crippen molar-refractivity contribution in [1.82, 2.24) is 24.6 Å². The third-order valence-electron chi connectivity index (χ3n) is 9.37. The number of aryl methyl sites for hydroxylation is 2. The number of amides is 1. The standard InChI is InChI=1S/C37H40N6O4S2/c1-23(2)28-8-6-7-9-31(28)41(5)21-26-11-12-29-32(14-17-47-34(29)19-26)42-22-27(39-40-42)20-33-36(44)38-15-16-43(33)49(45,46)37-25(4)30-18-24(3)10-13-35(30)48-37/h6-13,15-16,18-19,22-23,32-33H,14,17,20-21H2,1-5H3,(H,38,44). The van der Waals surface area contributed by atoms with Gasteiger partial charge >= 0.3 is 0 Å². The molecule has 254 valence electrons. The van der Waals surface area contributed by atoms with Gasteiger partial charge in [0.15, 0.2) is 0 Å². The van der Waals surface area contributed by atoms with Gasteiger partial charge in [0.2, 0.25) is 5.91 Å². The van der Waals surface area contributed by atoms with Crippen molar-refractivity contribution in [2.45, 2.75) is 69.3 Å². The fraction of sp³-hybridized carbons (Fsp3) is 0.324. The number of thiophene rings is 1. The van der Waals surface area contributed by atoms with E-state index in [1.807, 2.05) is 38.2 Å². The van der Waals surface area contributed by atoms with Crippen LogP contribution in [0.25, 0.3) is 10.1 Å². The number of hydrogen-bond donors (Lipinski definition) is 1. The normalized spacial score (nSPS) is 17.7. The number of benzene rings is 3. The predicted molar refractivity (Wildman–Crippen MR) is 192 cm³/mol. The van der Waals surface area contributed by atoms with Crippen molar-refractivity contribution in [3.05, 3.63) is 113 Å². The molecule has 2 unspecified atom stereocenters. The van der Waals surface area contributed by atoms with E-state index in [1.165, 1.54) is 35.0 Å². The van der Waals surface area contributed by atoms with Crippen LogP contribution in [-0.4, -0.2) is 53.3 Å². The molecule has 2 atom stereocenters. The second-order valence-corrected chi connectivity index (χ2v) is 16.3. The Balaban J connectivity index is 1.11. The third kappa shape index (κ3) is 6.19. The Morgan fingerprint density at radius 3 is 2.73 bits per heavy atom. The molecule has 2 aliphatic heterocycles. The van der Waals surface area contributed by atoms with Gasteiger partial charge in [0.05, 0.1) is 18.3 Å². The van der Waals surface area contributed by atoms with Gasteiger partial charge in [-0.05, 0) is 60.0 Å². The van der Waals surface area contributed by atoms with Crippen molar-refractivity contribution >= 4 is 43.0 Å². The van der Waals surface area contributed by atoms with E-state index in [4.69, 9.17) is 4.74 Å². The number of carbonyl (C=O) groups is 1. The lowest BCUT2D eigenvalue weighted by Crippen LogP contribution is -2.50. The number of rotatable bonds is 9. The summed E-state index contributed by atoms with van der Waals surface area (Å²) in [6.45, 7) is 9.48. The molecule has 2 aliphatic rings. The van der Waals surface area contributed by atoms with Gasteiger partial charge in [-0.1, -0.05) is 67.1 Å². The summed E-state index contributed by atoms with van der Waals surface area (Å²) in [5, 5.41) is 12.4. The third-order valence-corrected chi connectivity index (χ3v) is 13.0. The van der Waals surface area contributed by atoms with Gasteiger partial charge in [-0.25, -0.2) is 13.1 Å². The summed E-state index contributed by atoms with van der Waals surface area (Å²) in [7, 11) is -1.92. The number of nitrogens with one attached hydrogen (secondary N) is 1. The average molecular weight is 697 g/mol. The summed E-state index contributed by atoms with van der Waals surface area (Å²) in [4.78, 5) is 15.4. The van der Waals surface area contributed by atoms with Crippen LogP contribution < -0.4 is 15.0 Å². The van der Waals surface area contributed by atoms with Crippen LogP contribution in [0.15, 0.2) is 83.5 Å². The fourth-order valence-corrected chi connectivity index (χ4v) is 10.1. The van der Waals surface area contributed by atoms with Crippen molar-refractivity contribution in [3.63, 3.8) is 0 Å². The number of ether oxygens (including phenoxy) is 1. The molecule has 1 amide bonds. The second kappa shape index (κ2) is 13.0. The quantitative estimate of drug-likeness (QED) is 0.189. The molecule has 49 heavy (non-hydrogen) atoms.